The van der Waals surface area contributed by atoms with Crippen molar-refractivity contribution in [1.29, 1.82) is 0 Å². The van der Waals surface area contributed by atoms with Crippen molar-refractivity contribution in [2.24, 2.45) is 11.3 Å². The van der Waals surface area contributed by atoms with Crippen LogP contribution in [0.3, 0.4) is 0 Å². The van der Waals surface area contributed by atoms with Gasteiger partial charge in [0.2, 0.25) is 0 Å². The van der Waals surface area contributed by atoms with E-state index in [1.54, 1.807) is 6.92 Å². The van der Waals surface area contributed by atoms with Crippen LogP contribution in [-0.2, 0) is 21.3 Å². The van der Waals surface area contributed by atoms with E-state index in [4.69, 9.17) is 9.84 Å². The minimum Gasteiger partial charge on any atom is -0.461 e. The summed E-state index contributed by atoms with van der Waals surface area (Å²) in [5, 5.41) is 4.76. The topological polar surface area (TPSA) is 61.2 Å². The molecule has 4 rings (SSSR count). The van der Waals surface area contributed by atoms with E-state index in [2.05, 4.69) is 25.5 Å². The average Bonchev–Trinajstić information content (AvgIpc) is 3.07. The number of benzene rings is 1. The molecule has 1 fully saturated rings. The first-order chi connectivity index (χ1) is 13.8. The predicted octanol–water partition coefficient (Wildman–Crippen LogP) is 5.13. The predicted molar refractivity (Wildman–Crippen MR) is 114 cm³/mol. The maximum atomic E-state index is 12.8. The van der Waals surface area contributed by atoms with Crippen LogP contribution in [0.25, 0.3) is 11.3 Å². The molecule has 1 aromatic heterocycles. The highest BCUT2D eigenvalue weighted by molar-refractivity contribution is 7.84. The van der Waals surface area contributed by atoms with Gasteiger partial charge in [-0.25, -0.2) is 4.79 Å². The van der Waals surface area contributed by atoms with Gasteiger partial charge in [0.05, 0.1) is 34.9 Å². The summed E-state index contributed by atoms with van der Waals surface area (Å²) in [7, 11) is -1.18. The average molecular weight is 415 g/mol. The highest BCUT2D eigenvalue weighted by atomic mass is 32.2. The molecule has 0 radical (unpaired) electrons. The van der Waals surface area contributed by atoms with Gasteiger partial charge in [-0.1, -0.05) is 39.0 Å². The van der Waals surface area contributed by atoms with Gasteiger partial charge in [0.25, 0.3) is 0 Å². The molecule has 5 nitrogen and oxygen atoms in total. The van der Waals surface area contributed by atoms with E-state index in [1.165, 1.54) is 0 Å². The number of rotatable bonds is 3. The van der Waals surface area contributed by atoms with E-state index < -0.39 is 16.8 Å². The molecule has 1 saturated carbocycles. The maximum absolute atomic E-state index is 12.8. The Balaban J connectivity index is 1.77. The fourth-order valence-electron chi connectivity index (χ4n) is 4.77. The summed E-state index contributed by atoms with van der Waals surface area (Å²) in [5.41, 5.74) is 3.32. The normalized spacial score (nSPS) is 23.9. The van der Waals surface area contributed by atoms with Crippen LogP contribution in [0.5, 0.6) is 0 Å². The van der Waals surface area contributed by atoms with Gasteiger partial charge in [-0.15, -0.1) is 0 Å². The van der Waals surface area contributed by atoms with Gasteiger partial charge in [0.1, 0.15) is 0 Å². The van der Waals surface area contributed by atoms with Crippen molar-refractivity contribution in [3.63, 3.8) is 0 Å². The number of carbonyl (C=O) groups is 1. The first-order valence-corrected chi connectivity index (χ1v) is 11.9. The largest absolute Gasteiger partial charge is 0.461 e. The van der Waals surface area contributed by atoms with Crippen LogP contribution < -0.4 is 0 Å². The zero-order valence-corrected chi connectivity index (χ0v) is 18.6. The van der Waals surface area contributed by atoms with Gasteiger partial charge in [0, 0.05) is 16.0 Å². The van der Waals surface area contributed by atoms with Crippen LogP contribution in [0.4, 0.5) is 0 Å². The highest BCUT2D eigenvalue weighted by Crippen LogP contribution is 2.45. The number of nitrogens with zero attached hydrogens (tertiary/aromatic N) is 2. The van der Waals surface area contributed by atoms with Crippen molar-refractivity contribution in [3.8, 4) is 11.3 Å². The fourth-order valence-corrected chi connectivity index (χ4v) is 6.11. The highest BCUT2D eigenvalue weighted by Gasteiger charge is 2.36. The van der Waals surface area contributed by atoms with E-state index >= 15 is 0 Å². The van der Waals surface area contributed by atoms with E-state index in [0.717, 1.165) is 47.4 Å². The van der Waals surface area contributed by atoms with Crippen LogP contribution >= 0.6 is 0 Å². The summed E-state index contributed by atoms with van der Waals surface area (Å²) in [6.07, 6.45) is 4.41. The molecule has 2 heterocycles. The molecule has 2 aliphatic rings. The lowest BCUT2D eigenvalue weighted by atomic mass is 9.71. The second-order valence-electron chi connectivity index (χ2n) is 9.20. The molecule has 0 spiro atoms. The third-order valence-electron chi connectivity index (χ3n) is 6.41. The van der Waals surface area contributed by atoms with Crippen LogP contribution in [-0.4, -0.2) is 26.6 Å². The Morgan fingerprint density at radius 3 is 2.55 bits per heavy atom. The Morgan fingerprint density at radius 2 is 1.90 bits per heavy atom. The molecule has 2 aromatic rings. The number of esters is 1. The van der Waals surface area contributed by atoms with Crippen molar-refractivity contribution >= 4 is 16.8 Å². The van der Waals surface area contributed by atoms with Crippen molar-refractivity contribution in [1.82, 2.24) is 9.78 Å². The lowest BCUT2D eigenvalue weighted by Gasteiger charge is -2.37. The standard InChI is InChI=1S/C23H30N2O3S/c1-5-28-22(26)20-18-14-29(27)19-9-7-6-8-17(19)21(18)25(24-20)16-12-10-15(11-13-16)23(2,3)4/h6-9,15-16H,5,10-14H2,1-4H3. The molecule has 156 valence electrons. The molecule has 0 amide bonds. The first-order valence-electron chi connectivity index (χ1n) is 10.6. The quantitative estimate of drug-likeness (QED) is 0.654. The Labute approximate surface area is 175 Å². The van der Waals surface area contributed by atoms with Crippen molar-refractivity contribution in [2.75, 3.05) is 6.61 Å². The molecule has 0 N–H and O–H groups in total. The Hall–Kier alpha value is -1.95. The van der Waals surface area contributed by atoms with Crippen LogP contribution in [0, 0.1) is 11.3 Å². The van der Waals surface area contributed by atoms with Crippen molar-refractivity contribution in [3.05, 3.63) is 35.5 Å². The van der Waals surface area contributed by atoms with Gasteiger partial charge in [-0.3, -0.25) is 8.89 Å². The lowest BCUT2D eigenvalue weighted by molar-refractivity contribution is 0.0516. The molecule has 1 aliphatic heterocycles. The molecule has 1 aliphatic carbocycles. The minimum absolute atomic E-state index is 0.255. The Morgan fingerprint density at radius 1 is 1.21 bits per heavy atom. The maximum Gasteiger partial charge on any atom is 0.359 e. The van der Waals surface area contributed by atoms with E-state index in [1.807, 2.05) is 24.3 Å². The molecular weight excluding hydrogens is 384 g/mol. The van der Waals surface area contributed by atoms with Crippen LogP contribution in [0.2, 0.25) is 0 Å². The lowest BCUT2D eigenvalue weighted by Crippen LogP contribution is -2.28. The summed E-state index contributed by atoms with van der Waals surface area (Å²) in [6.45, 7) is 9.05. The van der Waals surface area contributed by atoms with Gasteiger partial charge in [-0.2, -0.15) is 5.10 Å². The third-order valence-corrected chi connectivity index (χ3v) is 7.80. The smallest absolute Gasteiger partial charge is 0.359 e. The monoisotopic (exact) mass is 414 g/mol. The minimum atomic E-state index is -1.18. The van der Waals surface area contributed by atoms with Gasteiger partial charge >= 0.3 is 5.97 Å². The number of fused-ring (bicyclic) bond motifs is 3. The number of ether oxygens (including phenoxy) is 1. The van der Waals surface area contributed by atoms with Gasteiger partial charge < -0.3 is 4.74 Å². The molecule has 0 saturated heterocycles. The molecular formula is C23H30N2O3S. The number of hydrogen-bond donors (Lipinski definition) is 0. The third kappa shape index (κ3) is 3.67. The van der Waals surface area contributed by atoms with Gasteiger partial charge in [-0.05, 0) is 50.0 Å². The molecule has 29 heavy (non-hydrogen) atoms. The van der Waals surface area contributed by atoms with E-state index in [-0.39, 0.29) is 6.04 Å². The number of aromatic nitrogens is 2. The molecule has 1 aromatic carbocycles. The molecule has 0 bridgehead atoms. The van der Waals surface area contributed by atoms with Crippen LogP contribution in [0.1, 0.15) is 75.5 Å². The molecule has 6 heteroatoms. The van der Waals surface area contributed by atoms with E-state index in [9.17, 15) is 9.00 Å². The Bertz CT molecular complexity index is 950. The summed E-state index contributed by atoms with van der Waals surface area (Å²) >= 11 is 0. The van der Waals surface area contributed by atoms with Crippen LogP contribution in [0.15, 0.2) is 29.2 Å². The molecule has 1 unspecified atom stereocenters. The Kier molecular flexibility index (Phi) is 5.40. The second kappa shape index (κ2) is 7.71. The molecule has 1 atom stereocenters. The zero-order chi connectivity index (χ0) is 20.8. The van der Waals surface area contributed by atoms with E-state index in [0.29, 0.717) is 29.4 Å². The van der Waals surface area contributed by atoms with Crippen molar-refractivity contribution < 1.29 is 13.7 Å². The second-order valence-corrected chi connectivity index (χ2v) is 10.6. The van der Waals surface area contributed by atoms with Crippen molar-refractivity contribution in [2.45, 2.75) is 70.1 Å². The summed E-state index contributed by atoms with van der Waals surface area (Å²) in [5.74, 6) is 0.606. The summed E-state index contributed by atoms with van der Waals surface area (Å²) in [4.78, 5) is 13.5. The SMILES string of the molecule is CCOC(=O)c1nn(C2CCC(C(C)(C)C)CC2)c2c1CS(=O)c1ccccc1-2. The fraction of sp³-hybridized carbons (Fsp3) is 0.565. The summed E-state index contributed by atoms with van der Waals surface area (Å²) < 4.78 is 20.2. The summed E-state index contributed by atoms with van der Waals surface area (Å²) in [6, 6.07) is 8.06. The van der Waals surface area contributed by atoms with Gasteiger partial charge in [0.15, 0.2) is 5.69 Å². The number of carbonyl (C=O) groups excluding carboxylic acids is 1. The number of hydrogen-bond acceptors (Lipinski definition) is 4. The zero-order valence-electron chi connectivity index (χ0n) is 17.7. The first kappa shape index (κ1) is 20.3.